The van der Waals surface area contributed by atoms with E-state index >= 15 is 0 Å². The smallest absolute Gasteiger partial charge is 0.327 e. The van der Waals surface area contributed by atoms with E-state index in [4.69, 9.17) is 10.2 Å². The molecule has 11 N–H and O–H groups in total. The Morgan fingerprint density at radius 3 is 1.55 bits per heavy atom. The number of rotatable bonds is 26. The largest absolute Gasteiger partial charge is 0.481 e. The molecule has 55 heavy (non-hydrogen) atoms. The van der Waals surface area contributed by atoms with Crippen LogP contribution >= 0.6 is 12.6 Å². The zero-order chi connectivity index (χ0) is 41.7. The molecule has 0 unspecified atom stereocenters. The zero-order valence-corrected chi connectivity index (χ0v) is 30.6. The molecule has 0 bridgehead atoms. The average molecular weight is 799 g/mol. The third-order valence-electron chi connectivity index (χ3n) is 7.75. The first-order chi connectivity index (χ1) is 25.8. The Hall–Kier alpha value is -5.93. The number of thiol groups is 1. The first-order valence-corrected chi connectivity index (χ1v) is 17.5. The van der Waals surface area contributed by atoms with Gasteiger partial charge in [0.15, 0.2) is 0 Å². The fourth-order valence-corrected chi connectivity index (χ4v) is 5.04. The minimum Gasteiger partial charge on any atom is -0.481 e. The van der Waals surface area contributed by atoms with Crippen molar-refractivity contribution in [3.8, 4) is 0 Å². The molecule has 0 fully saturated rings. The van der Waals surface area contributed by atoms with Crippen molar-refractivity contribution in [2.75, 3.05) is 5.75 Å². The van der Waals surface area contributed by atoms with E-state index in [-0.39, 0.29) is 31.4 Å². The van der Waals surface area contributed by atoms with Crippen LogP contribution in [0, 0.1) is 0 Å². The van der Waals surface area contributed by atoms with E-state index in [1.54, 1.807) is 30.3 Å². The lowest BCUT2D eigenvalue weighted by atomic mass is 10.0. The lowest BCUT2D eigenvalue weighted by molar-refractivity contribution is -0.142. The highest BCUT2D eigenvalue weighted by molar-refractivity contribution is 7.80. The molecule has 0 saturated carbocycles. The molecule has 304 valence electrons. The fraction of sp³-hybridized carbons (Fsp3) is 0.515. The number of hydrogen-bond donors (Lipinski definition) is 12. The van der Waals surface area contributed by atoms with E-state index in [2.05, 4.69) is 33.9 Å². The van der Waals surface area contributed by atoms with Gasteiger partial charge in [-0.05, 0) is 44.6 Å². The van der Waals surface area contributed by atoms with Crippen LogP contribution in [0.3, 0.4) is 0 Å². The number of aryl methyl sites for hydroxylation is 1. The molecule has 0 aliphatic rings. The van der Waals surface area contributed by atoms with Gasteiger partial charge in [0.05, 0.1) is 6.42 Å². The molecule has 0 radical (unpaired) electrons. The van der Waals surface area contributed by atoms with Gasteiger partial charge in [0.25, 0.3) is 0 Å². The Morgan fingerprint density at radius 2 is 1.04 bits per heavy atom. The van der Waals surface area contributed by atoms with Crippen LogP contribution in [0.25, 0.3) is 0 Å². The molecule has 21 nitrogen and oxygen atoms in total. The monoisotopic (exact) mass is 798 g/mol. The second kappa shape index (κ2) is 24.4. The number of nitrogens with one attached hydrogen (secondary N) is 6. The molecule has 1 rings (SSSR count). The summed E-state index contributed by atoms with van der Waals surface area (Å²) in [7, 11) is 0. The topological polar surface area (TPSA) is 344 Å². The summed E-state index contributed by atoms with van der Waals surface area (Å²) in [6, 6.07) is -0.727. The number of carbonyl (C=O) groups is 10. The van der Waals surface area contributed by atoms with Crippen molar-refractivity contribution < 1.29 is 73.5 Å². The molecule has 0 spiro atoms. The van der Waals surface area contributed by atoms with Gasteiger partial charge in [-0.15, -0.1) is 0 Å². The van der Waals surface area contributed by atoms with Gasteiger partial charge in [-0.1, -0.05) is 30.3 Å². The Kier molecular flexibility index (Phi) is 20.9. The summed E-state index contributed by atoms with van der Waals surface area (Å²) in [5, 5.41) is 59.5. The molecule has 0 aromatic heterocycles. The second-order valence-corrected chi connectivity index (χ2v) is 12.6. The standard InChI is InChI=1S/C33H46N6O15S/c1-17(34-24(40)13-10-20(30(48)49)38-33(54)39-21(31(50)51)11-14-26(42)43)7-12-25(41)35-22(15-27(44)45)29(47)36-19(9-8-18-5-3-2-4-6-18)28(46)37-23(16-55)32(52)53/h2-6,17,19-23,55H,7-16H2,1H3,(H,34,40)(H,35,41)(H,36,47)(H,37,46)(H,42,43)(H,44,45)(H,48,49)(H,50,51)(H,52,53)(H2,38,39,54)/t17-,19+,20+,21+,22+,23+/m1/s1. The van der Waals surface area contributed by atoms with Crippen molar-refractivity contribution in [2.24, 2.45) is 0 Å². The number of carboxylic acids is 5. The average Bonchev–Trinajstić information content (AvgIpc) is 3.10. The molecule has 0 aliphatic carbocycles. The minimum absolute atomic E-state index is 0.0122. The van der Waals surface area contributed by atoms with Gasteiger partial charge in [0.1, 0.15) is 30.2 Å². The lowest BCUT2D eigenvalue weighted by Gasteiger charge is -2.24. The molecule has 1 aromatic rings. The van der Waals surface area contributed by atoms with Crippen molar-refractivity contribution >= 4 is 72.1 Å². The summed E-state index contributed by atoms with van der Waals surface area (Å²) in [6.07, 6.45) is -2.89. The fourth-order valence-electron chi connectivity index (χ4n) is 4.79. The van der Waals surface area contributed by atoms with Gasteiger partial charge in [-0.3, -0.25) is 28.8 Å². The lowest BCUT2D eigenvalue weighted by Crippen LogP contribution is -2.56. The Labute approximate surface area is 319 Å². The van der Waals surface area contributed by atoms with E-state index in [0.29, 0.717) is 0 Å². The number of carboxylic acid groups (broad SMARTS) is 5. The number of urea groups is 1. The predicted octanol–water partition coefficient (Wildman–Crippen LogP) is -1.30. The van der Waals surface area contributed by atoms with Crippen LogP contribution in [-0.4, -0.2) is 127 Å². The third kappa shape index (κ3) is 19.6. The van der Waals surface area contributed by atoms with E-state index < -0.39 is 128 Å². The first kappa shape index (κ1) is 47.1. The molecule has 1 aromatic carbocycles. The second-order valence-electron chi connectivity index (χ2n) is 12.3. The van der Waals surface area contributed by atoms with E-state index in [9.17, 15) is 63.3 Å². The van der Waals surface area contributed by atoms with Gasteiger partial charge >= 0.3 is 35.9 Å². The molecule has 6 amide bonds. The number of benzene rings is 1. The van der Waals surface area contributed by atoms with Crippen LogP contribution in [0.2, 0.25) is 0 Å². The van der Waals surface area contributed by atoms with Crippen molar-refractivity contribution in [2.45, 2.75) is 101 Å². The van der Waals surface area contributed by atoms with E-state index in [0.717, 1.165) is 5.56 Å². The summed E-state index contributed by atoms with van der Waals surface area (Å²) >= 11 is 3.91. The minimum atomic E-state index is -1.65. The molecule has 0 aliphatic heterocycles. The summed E-state index contributed by atoms with van der Waals surface area (Å²) in [5.41, 5.74) is 0.790. The zero-order valence-electron chi connectivity index (χ0n) is 29.7. The van der Waals surface area contributed by atoms with Gasteiger partial charge < -0.3 is 57.4 Å². The summed E-state index contributed by atoms with van der Waals surface area (Å²) in [6.45, 7) is 1.50. The summed E-state index contributed by atoms with van der Waals surface area (Å²) in [4.78, 5) is 120. The first-order valence-electron chi connectivity index (χ1n) is 16.9. The van der Waals surface area contributed by atoms with Crippen LogP contribution in [-0.2, 0) is 49.6 Å². The van der Waals surface area contributed by atoms with Crippen molar-refractivity contribution in [3.05, 3.63) is 35.9 Å². The van der Waals surface area contributed by atoms with Crippen molar-refractivity contribution in [3.63, 3.8) is 0 Å². The van der Waals surface area contributed by atoms with Gasteiger partial charge in [-0.2, -0.15) is 12.6 Å². The summed E-state index contributed by atoms with van der Waals surface area (Å²) < 4.78 is 0. The van der Waals surface area contributed by atoms with Gasteiger partial charge in [0, 0.05) is 31.1 Å². The van der Waals surface area contributed by atoms with E-state index in [1.807, 2.05) is 10.6 Å². The Bertz CT molecular complexity index is 1550. The van der Waals surface area contributed by atoms with Crippen LogP contribution in [0.15, 0.2) is 30.3 Å². The third-order valence-corrected chi connectivity index (χ3v) is 8.12. The highest BCUT2D eigenvalue weighted by atomic mass is 32.1. The van der Waals surface area contributed by atoms with Crippen LogP contribution in [0.1, 0.15) is 63.9 Å². The van der Waals surface area contributed by atoms with Crippen LogP contribution in [0.4, 0.5) is 4.79 Å². The molecule has 0 saturated heterocycles. The van der Waals surface area contributed by atoms with Crippen LogP contribution < -0.4 is 31.9 Å². The van der Waals surface area contributed by atoms with Crippen LogP contribution in [0.5, 0.6) is 0 Å². The number of hydrogen-bond acceptors (Lipinski definition) is 11. The molecular weight excluding hydrogens is 752 g/mol. The number of aliphatic carboxylic acids is 5. The maximum atomic E-state index is 13.2. The maximum Gasteiger partial charge on any atom is 0.327 e. The molecule has 0 heterocycles. The van der Waals surface area contributed by atoms with Crippen molar-refractivity contribution in [1.29, 1.82) is 0 Å². The molecule has 6 atom stereocenters. The van der Waals surface area contributed by atoms with Gasteiger partial charge in [-0.25, -0.2) is 19.2 Å². The number of carbonyl (C=O) groups excluding carboxylic acids is 5. The SMILES string of the molecule is C[C@H](CCC(=O)N[C@@H](CC(=O)O)C(=O)N[C@@H](CCc1ccccc1)C(=O)N[C@@H](CS)C(=O)O)NC(=O)CC[C@H](NC(=O)N[C@@H](CCC(=O)O)C(=O)O)C(=O)O. The normalized spacial score (nSPS) is 13.9. The van der Waals surface area contributed by atoms with E-state index in [1.165, 1.54) is 6.92 Å². The number of amides is 6. The predicted molar refractivity (Wildman–Crippen MR) is 192 cm³/mol. The van der Waals surface area contributed by atoms with Gasteiger partial charge in [0.2, 0.25) is 23.6 Å². The Morgan fingerprint density at radius 1 is 0.545 bits per heavy atom. The van der Waals surface area contributed by atoms with Crippen molar-refractivity contribution in [1.82, 2.24) is 31.9 Å². The Balaban J connectivity index is 2.79. The summed E-state index contributed by atoms with van der Waals surface area (Å²) in [5.74, 6) is -10.9. The quantitative estimate of drug-likeness (QED) is 0.0485. The maximum absolute atomic E-state index is 13.2. The molecular formula is C33H46N6O15S. The highest BCUT2D eigenvalue weighted by Crippen LogP contribution is 2.08. The highest BCUT2D eigenvalue weighted by Gasteiger charge is 2.31. The molecule has 22 heteroatoms.